The molecular formula is C14H17NO2. The molecule has 0 bridgehead atoms. The van der Waals surface area contributed by atoms with Crippen LogP contribution in [0.4, 0.5) is 0 Å². The van der Waals surface area contributed by atoms with Crippen LogP contribution in [0.3, 0.4) is 0 Å². The van der Waals surface area contributed by atoms with E-state index in [1.54, 1.807) is 0 Å². The molecule has 1 aliphatic heterocycles. The summed E-state index contributed by atoms with van der Waals surface area (Å²) in [6, 6.07) is 8.42. The standard InChI is InChI=1S/C14H17NO2/c1-3-17-13-5-4-12(8-11(13)2)14(6-7-15)9-16-10-14/h4-5,8H,3,6,9-10H2,1-2H3. The summed E-state index contributed by atoms with van der Waals surface area (Å²) in [4.78, 5) is 0. The second kappa shape index (κ2) is 4.77. The summed E-state index contributed by atoms with van der Waals surface area (Å²) in [5, 5.41) is 8.91. The van der Waals surface area contributed by atoms with Gasteiger partial charge in [-0.1, -0.05) is 12.1 Å². The Balaban J connectivity index is 2.28. The molecular weight excluding hydrogens is 214 g/mol. The van der Waals surface area contributed by atoms with Crippen LogP contribution in [0.15, 0.2) is 18.2 Å². The highest BCUT2D eigenvalue weighted by Crippen LogP contribution is 2.37. The zero-order valence-corrected chi connectivity index (χ0v) is 10.3. The monoisotopic (exact) mass is 231 g/mol. The van der Waals surface area contributed by atoms with Gasteiger partial charge in [0.05, 0.1) is 31.3 Å². The first-order valence-electron chi connectivity index (χ1n) is 5.90. The van der Waals surface area contributed by atoms with Crippen molar-refractivity contribution in [2.45, 2.75) is 25.7 Å². The van der Waals surface area contributed by atoms with Gasteiger partial charge in [-0.3, -0.25) is 0 Å². The molecule has 0 atom stereocenters. The third-order valence-corrected chi connectivity index (χ3v) is 3.26. The van der Waals surface area contributed by atoms with Crippen molar-refractivity contribution in [2.75, 3.05) is 19.8 Å². The Labute approximate surface area is 102 Å². The van der Waals surface area contributed by atoms with E-state index in [1.165, 1.54) is 5.56 Å². The van der Waals surface area contributed by atoms with Gasteiger partial charge in [0.1, 0.15) is 5.75 Å². The third-order valence-electron chi connectivity index (χ3n) is 3.26. The average molecular weight is 231 g/mol. The smallest absolute Gasteiger partial charge is 0.122 e. The van der Waals surface area contributed by atoms with Crippen molar-refractivity contribution in [1.82, 2.24) is 0 Å². The van der Waals surface area contributed by atoms with Crippen LogP contribution < -0.4 is 4.74 Å². The van der Waals surface area contributed by atoms with E-state index in [0.29, 0.717) is 26.2 Å². The summed E-state index contributed by atoms with van der Waals surface area (Å²) in [7, 11) is 0. The fraction of sp³-hybridized carbons (Fsp3) is 0.500. The van der Waals surface area contributed by atoms with Crippen LogP contribution >= 0.6 is 0 Å². The molecule has 1 fully saturated rings. The van der Waals surface area contributed by atoms with Crippen molar-refractivity contribution < 1.29 is 9.47 Å². The van der Waals surface area contributed by atoms with Crippen molar-refractivity contribution in [2.24, 2.45) is 0 Å². The molecule has 0 N–H and O–H groups in total. The Kier molecular flexibility index (Phi) is 3.35. The molecule has 2 rings (SSSR count). The second-order valence-electron chi connectivity index (χ2n) is 4.52. The van der Waals surface area contributed by atoms with Crippen LogP contribution in [-0.4, -0.2) is 19.8 Å². The first-order chi connectivity index (χ1) is 8.22. The van der Waals surface area contributed by atoms with Gasteiger partial charge in [0, 0.05) is 6.42 Å². The number of benzene rings is 1. The van der Waals surface area contributed by atoms with Gasteiger partial charge in [-0.25, -0.2) is 0 Å². The fourth-order valence-corrected chi connectivity index (χ4v) is 2.17. The van der Waals surface area contributed by atoms with Crippen LogP contribution in [0.25, 0.3) is 0 Å². The van der Waals surface area contributed by atoms with E-state index >= 15 is 0 Å². The van der Waals surface area contributed by atoms with E-state index < -0.39 is 0 Å². The quantitative estimate of drug-likeness (QED) is 0.799. The second-order valence-corrected chi connectivity index (χ2v) is 4.52. The highest BCUT2D eigenvalue weighted by atomic mass is 16.5. The molecule has 0 saturated carbocycles. The minimum Gasteiger partial charge on any atom is -0.494 e. The molecule has 3 nitrogen and oxygen atoms in total. The van der Waals surface area contributed by atoms with E-state index in [2.05, 4.69) is 18.2 Å². The van der Waals surface area contributed by atoms with Gasteiger partial charge in [-0.05, 0) is 31.0 Å². The lowest BCUT2D eigenvalue weighted by molar-refractivity contribution is -0.0577. The summed E-state index contributed by atoms with van der Waals surface area (Å²) in [6.45, 7) is 5.98. The number of hydrogen-bond acceptors (Lipinski definition) is 3. The van der Waals surface area contributed by atoms with Crippen LogP contribution in [0.1, 0.15) is 24.5 Å². The summed E-state index contributed by atoms with van der Waals surface area (Å²) >= 11 is 0. The zero-order chi connectivity index (χ0) is 12.3. The zero-order valence-electron chi connectivity index (χ0n) is 10.3. The van der Waals surface area contributed by atoms with E-state index in [4.69, 9.17) is 14.7 Å². The average Bonchev–Trinajstić information content (AvgIpc) is 2.27. The van der Waals surface area contributed by atoms with Crippen molar-refractivity contribution in [1.29, 1.82) is 5.26 Å². The molecule has 0 spiro atoms. The Morgan fingerprint density at radius 3 is 2.71 bits per heavy atom. The van der Waals surface area contributed by atoms with Gasteiger partial charge in [-0.2, -0.15) is 5.26 Å². The molecule has 3 heteroatoms. The van der Waals surface area contributed by atoms with Crippen LogP contribution in [0.2, 0.25) is 0 Å². The molecule has 0 radical (unpaired) electrons. The lowest BCUT2D eigenvalue weighted by Gasteiger charge is -2.40. The van der Waals surface area contributed by atoms with Gasteiger partial charge in [0.2, 0.25) is 0 Å². The highest BCUT2D eigenvalue weighted by molar-refractivity contribution is 5.41. The van der Waals surface area contributed by atoms with Gasteiger partial charge in [-0.15, -0.1) is 0 Å². The number of rotatable bonds is 4. The molecule has 0 amide bonds. The first-order valence-corrected chi connectivity index (χ1v) is 5.90. The highest BCUT2D eigenvalue weighted by Gasteiger charge is 2.40. The number of nitriles is 1. The van der Waals surface area contributed by atoms with Gasteiger partial charge >= 0.3 is 0 Å². The van der Waals surface area contributed by atoms with Crippen molar-refractivity contribution in [3.63, 3.8) is 0 Å². The lowest BCUT2D eigenvalue weighted by Crippen LogP contribution is -2.46. The van der Waals surface area contributed by atoms with Crippen molar-refractivity contribution in [3.8, 4) is 11.8 Å². The van der Waals surface area contributed by atoms with E-state index in [1.807, 2.05) is 19.9 Å². The maximum atomic E-state index is 8.91. The third kappa shape index (κ3) is 2.13. The SMILES string of the molecule is CCOc1ccc(C2(CC#N)COC2)cc1C. The van der Waals surface area contributed by atoms with E-state index in [0.717, 1.165) is 11.3 Å². The molecule has 1 aliphatic rings. The maximum absolute atomic E-state index is 8.91. The predicted molar refractivity (Wildman–Crippen MR) is 65.1 cm³/mol. The number of hydrogen-bond donors (Lipinski definition) is 0. The molecule has 90 valence electrons. The van der Waals surface area contributed by atoms with E-state index in [-0.39, 0.29) is 5.41 Å². The fourth-order valence-electron chi connectivity index (χ4n) is 2.17. The Hall–Kier alpha value is -1.53. The molecule has 1 aromatic carbocycles. The van der Waals surface area contributed by atoms with Gasteiger partial charge in [0.15, 0.2) is 0 Å². The molecule has 1 saturated heterocycles. The molecule has 0 unspecified atom stereocenters. The Morgan fingerprint density at radius 2 is 2.24 bits per heavy atom. The number of ether oxygens (including phenoxy) is 2. The molecule has 0 aliphatic carbocycles. The normalized spacial score (nSPS) is 17.0. The first kappa shape index (κ1) is 11.9. The summed E-state index contributed by atoms with van der Waals surface area (Å²) in [6.07, 6.45) is 0.514. The Bertz CT molecular complexity index is 444. The van der Waals surface area contributed by atoms with Gasteiger partial charge < -0.3 is 9.47 Å². The van der Waals surface area contributed by atoms with Crippen LogP contribution in [0.5, 0.6) is 5.75 Å². The molecule has 1 heterocycles. The van der Waals surface area contributed by atoms with Crippen molar-refractivity contribution >= 4 is 0 Å². The largest absolute Gasteiger partial charge is 0.494 e. The topological polar surface area (TPSA) is 42.2 Å². The van der Waals surface area contributed by atoms with Gasteiger partial charge in [0.25, 0.3) is 0 Å². The lowest BCUT2D eigenvalue weighted by atomic mass is 9.76. The molecule has 0 aromatic heterocycles. The van der Waals surface area contributed by atoms with Crippen LogP contribution in [-0.2, 0) is 10.2 Å². The predicted octanol–water partition coefficient (Wildman–Crippen LogP) is 2.58. The maximum Gasteiger partial charge on any atom is 0.122 e. The number of nitrogens with zero attached hydrogens (tertiary/aromatic N) is 1. The Morgan fingerprint density at radius 1 is 1.47 bits per heavy atom. The summed E-state index contributed by atoms with van der Waals surface area (Å²) in [5.74, 6) is 0.920. The minimum absolute atomic E-state index is 0.0930. The summed E-state index contributed by atoms with van der Waals surface area (Å²) in [5.41, 5.74) is 2.21. The molecule has 1 aromatic rings. The molecule has 17 heavy (non-hydrogen) atoms. The van der Waals surface area contributed by atoms with Crippen molar-refractivity contribution in [3.05, 3.63) is 29.3 Å². The summed E-state index contributed by atoms with van der Waals surface area (Å²) < 4.78 is 10.8. The number of aryl methyl sites for hydroxylation is 1. The minimum atomic E-state index is -0.0930. The van der Waals surface area contributed by atoms with E-state index in [9.17, 15) is 0 Å². The van der Waals surface area contributed by atoms with Crippen LogP contribution in [0, 0.1) is 18.3 Å².